The minimum absolute atomic E-state index is 0.0757. The summed E-state index contributed by atoms with van der Waals surface area (Å²) in [5.41, 5.74) is 0.553. The molecule has 2 aromatic carbocycles. The Hall–Kier alpha value is -2.81. The van der Waals surface area contributed by atoms with E-state index in [1.54, 1.807) is 43.7 Å². The molecule has 1 aliphatic carbocycles. The van der Waals surface area contributed by atoms with Crippen molar-refractivity contribution in [1.82, 2.24) is 14.9 Å². The number of hydrogen-bond acceptors (Lipinski definition) is 7. The van der Waals surface area contributed by atoms with Gasteiger partial charge in [0.25, 0.3) is 0 Å². The number of aromatic nitrogens is 2. The molecule has 0 unspecified atom stereocenters. The third-order valence-electron chi connectivity index (χ3n) is 8.27. The molecule has 41 heavy (non-hydrogen) atoms. The maximum Gasteiger partial charge on any atom is 0.418 e. The summed E-state index contributed by atoms with van der Waals surface area (Å²) in [4.78, 5) is 12.6. The molecule has 0 atom stereocenters. The van der Waals surface area contributed by atoms with E-state index in [-0.39, 0.29) is 33.6 Å². The topological polar surface area (TPSA) is 73.4 Å². The molecule has 5 rings (SSSR count). The summed E-state index contributed by atoms with van der Waals surface area (Å²) in [5.74, 6) is 0.319. The highest BCUT2D eigenvalue weighted by molar-refractivity contribution is 7.70. The molecule has 2 fully saturated rings. The van der Waals surface area contributed by atoms with Gasteiger partial charge in [0.05, 0.1) is 17.4 Å². The molecule has 2 aliphatic rings. The Balaban J connectivity index is 1.34. The van der Waals surface area contributed by atoms with Gasteiger partial charge in [-0.15, -0.1) is 0 Å². The van der Waals surface area contributed by atoms with Crippen molar-refractivity contribution in [3.05, 3.63) is 59.2 Å². The summed E-state index contributed by atoms with van der Waals surface area (Å²) in [6, 6.07) is 11.9. The van der Waals surface area contributed by atoms with Gasteiger partial charge in [-0.3, -0.25) is 0 Å². The number of anilines is 5. The van der Waals surface area contributed by atoms with Crippen LogP contribution in [0.25, 0.3) is 0 Å². The van der Waals surface area contributed by atoms with Crippen LogP contribution >= 0.6 is 18.7 Å². The highest BCUT2D eigenvalue weighted by atomic mass is 35.5. The van der Waals surface area contributed by atoms with Crippen molar-refractivity contribution < 1.29 is 17.7 Å². The molecule has 1 spiro atoms. The first-order valence-corrected chi connectivity index (χ1v) is 16.6. The van der Waals surface area contributed by atoms with Crippen molar-refractivity contribution in [1.29, 1.82) is 0 Å². The molecule has 2 N–H and O–H groups in total. The van der Waals surface area contributed by atoms with Crippen molar-refractivity contribution in [2.24, 2.45) is 5.41 Å². The first kappa shape index (κ1) is 29.7. The van der Waals surface area contributed by atoms with Crippen molar-refractivity contribution >= 4 is 52.9 Å². The standard InChI is InChI=1S/C29H35ClF3N6OP/c1-38(2)20-16-28(17-20)11-13-39(14-12-28)24-10-9-19(15-21(24)29(31,32)33)35-27-34-18-22(30)26(37-27)36-23-7-5-6-8-25(23)41(3,4)40/h5-10,15,18,20H,11-14,16-17H2,1-4H3,(H2,34,35,36,37). The Kier molecular flexibility index (Phi) is 8.05. The monoisotopic (exact) mass is 606 g/mol. The van der Waals surface area contributed by atoms with Gasteiger partial charge in [-0.05, 0) is 88.9 Å². The third kappa shape index (κ3) is 6.50. The molecule has 1 aliphatic heterocycles. The Morgan fingerprint density at radius 2 is 1.76 bits per heavy atom. The lowest BCUT2D eigenvalue weighted by Crippen LogP contribution is -2.53. The minimum Gasteiger partial charge on any atom is -0.371 e. The molecule has 3 aromatic rings. The fourth-order valence-corrected chi connectivity index (χ4v) is 7.17. The summed E-state index contributed by atoms with van der Waals surface area (Å²) >= 11 is 6.32. The van der Waals surface area contributed by atoms with E-state index in [1.165, 1.54) is 12.3 Å². The van der Waals surface area contributed by atoms with E-state index in [4.69, 9.17) is 11.6 Å². The van der Waals surface area contributed by atoms with Gasteiger partial charge < -0.3 is 25.0 Å². The van der Waals surface area contributed by atoms with E-state index in [1.807, 2.05) is 4.90 Å². The van der Waals surface area contributed by atoms with Gasteiger partial charge in [0, 0.05) is 35.8 Å². The molecule has 12 heteroatoms. The van der Waals surface area contributed by atoms with Gasteiger partial charge in [0.1, 0.15) is 12.2 Å². The number of benzene rings is 2. The van der Waals surface area contributed by atoms with Gasteiger partial charge in [-0.25, -0.2) is 4.98 Å². The normalized spacial score (nSPS) is 17.5. The Morgan fingerprint density at radius 1 is 1.07 bits per heavy atom. The largest absolute Gasteiger partial charge is 0.418 e. The molecule has 1 saturated heterocycles. The lowest BCUT2D eigenvalue weighted by Gasteiger charge is -2.54. The fraction of sp³-hybridized carbons (Fsp3) is 0.448. The molecule has 220 valence electrons. The lowest BCUT2D eigenvalue weighted by atomic mass is 9.60. The van der Waals surface area contributed by atoms with E-state index >= 15 is 0 Å². The van der Waals surface area contributed by atoms with E-state index in [9.17, 15) is 17.7 Å². The van der Waals surface area contributed by atoms with Crippen molar-refractivity contribution in [3.63, 3.8) is 0 Å². The number of alkyl halides is 3. The summed E-state index contributed by atoms with van der Waals surface area (Å²) in [6.45, 7) is 4.55. The maximum absolute atomic E-state index is 14.2. The van der Waals surface area contributed by atoms with Gasteiger partial charge in [-0.2, -0.15) is 18.2 Å². The molecule has 7 nitrogen and oxygen atoms in total. The number of nitrogens with zero attached hydrogens (tertiary/aromatic N) is 4. The molecule has 2 heterocycles. The Bertz CT molecular complexity index is 1460. The van der Waals surface area contributed by atoms with Crippen LogP contribution in [-0.2, 0) is 10.7 Å². The van der Waals surface area contributed by atoms with Gasteiger partial charge >= 0.3 is 6.18 Å². The highest BCUT2D eigenvalue weighted by Gasteiger charge is 2.47. The SMILES string of the molecule is CN(C)C1CC2(CCN(c3ccc(Nc4ncc(Cl)c(Nc5ccccc5P(C)(C)=O)n4)cc3C(F)(F)F)CC2)C1. The molecule has 1 aromatic heterocycles. The molecular weight excluding hydrogens is 572 g/mol. The quantitative estimate of drug-likeness (QED) is 0.276. The summed E-state index contributed by atoms with van der Waals surface area (Å²) in [7, 11) is 1.56. The fourth-order valence-electron chi connectivity index (χ4n) is 5.87. The third-order valence-corrected chi connectivity index (χ3v) is 10.1. The van der Waals surface area contributed by atoms with Crippen molar-refractivity contribution in [2.45, 2.75) is 37.9 Å². The van der Waals surface area contributed by atoms with Crippen molar-refractivity contribution in [2.75, 3.05) is 56.0 Å². The van der Waals surface area contributed by atoms with E-state index in [0.29, 0.717) is 30.1 Å². The minimum atomic E-state index is -4.53. The van der Waals surface area contributed by atoms with Gasteiger partial charge in [0.15, 0.2) is 5.82 Å². The summed E-state index contributed by atoms with van der Waals surface area (Å²) < 4.78 is 55.5. The van der Waals surface area contributed by atoms with Crippen LogP contribution < -0.4 is 20.8 Å². The highest BCUT2D eigenvalue weighted by Crippen LogP contribution is 2.51. The van der Waals surface area contributed by atoms with Gasteiger partial charge in [0.2, 0.25) is 5.95 Å². The number of hydrogen-bond donors (Lipinski definition) is 2. The first-order chi connectivity index (χ1) is 19.2. The number of para-hydroxylation sites is 1. The van der Waals surface area contributed by atoms with Crippen LogP contribution in [0, 0.1) is 5.41 Å². The average Bonchev–Trinajstić information content (AvgIpc) is 2.88. The predicted octanol–water partition coefficient (Wildman–Crippen LogP) is 7.19. The van der Waals surface area contributed by atoms with Crippen LogP contribution in [0.3, 0.4) is 0 Å². The molecule has 0 amide bonds. The molecular formula is C29H35ClF3N6OP. The zero-order chi connectivity index (χ0) is 29.6. The lowest BCUT2D eigenvalue weighted by molar-refractivity contribution is -0.137. The zero-order valence-corrected chi connectivity index (χ0v) is 25.2. The van der Waals surface area contributed by atoms with E-state index < -0.39 is 18.9 Å². The van der Waals surface area contributed by atoms with Crippen LogP contribution in [0.5, 0.6) is 0 Å². The average molecular weight is 607 g/mol. The van der Waals surface area contributed by atoms with Crippen LogP contribution in [0.2, 0.25) is 5.02 Å². The van der Waals surface area contributed by atoms with Gasteiger partial charge in [-0.1, -0.05) is 23.7 Å². The first-order valence-electron chi connectivity index (χ1n) is 13.6. The Labute approximate surface area is 243 Å². The van der Waals surface area contributed by atoms with E-state index in [2.05, 4.69) is 39.6 Å². The number of nitrogens with one attached hydrogen (secondary N) is 2. The molecule has 0 radical (unpaired) electrons. The predicted molar refractivity (Wildman–Crippen MR) is 161 cm³/mol. The Morgan fingerprint density at radius 3 is 2.39 bits per heavy atom. The maximum atomic E-state index is 14.2. The molecule has 1 saturated carbocycles. The smallest absolute Gasteiger partial charge is 0.371 e. The van der Waals surface area contributed by atoms with Crippen LogP contribution in [-0.4, -0.2) is 61.4 Å². The number of rotatable bonds is 7. The van der Waals surface area contributed by atoms with Crippen LogP contribution in [0.1, 0.15) is 31.2 Å². The van der Waals surface area contributed by atoms with Crippen LogP contribution in [0.4, 0.5) is 42.0 Å². The van der Waals surface area contributed by atoms with E-state index in [0.717, 1.165) is 31.7 Å². The van der Waals surface area contributed by atoms with Crippen molar-refractivity contribution in [3.8, 4) is 0 Å². The zero-order valence-electron chi connectivity index (χ0n) is 23.6. The second kappa shape index (κ2) is 11.1. The molecule has 0 bridgehead atoms. The summed E-state index contributed by atoms with van der Waals surface area (Å²) in [6.07, 6.45) is 0.865. The van der Waals surface area contributed by atoms with Crippen LogP contribution in [0.15, 0.2) is 48.7 Å². The number of piperidine rings is 1. The number of halogens is 4. The second-order valence-electron chi connectivity index (χ2n) is 11.8. The second-order valence-corrected chi connectivity index (χ2v) is 15.3. The summed E-state index contributed by atoms with van der Waals surface area (Å²) in [5, 5.41) is 6.84.